The highest BCUT2D eigenvalue weighted by molar-refractivity contribution is 5.90. The molecule has 36 heavy (non-hydrogen) atoms. The number of rotatable bonds is 6. The third kappa shape index (κ3) is 6.01. The van der Waals surface area contributed by atoms with Gasteiger partial charge in [-0.2, -0.15) is 0 Å². The first-order valence-corrected chi connectivity index (χ1v) is 11.8. The number of ether oxygens (including phenoxy) is 2. The largest absolute Gasteiger partial charge is 0.450 e. The van der Waals surface area contributed by atoms with E-state index in [1.54, 1.807) is 0 Å². The average Bonchev–Trinajstić information content (AvgIpc) is 2.83. The van der Waals surface area contributed by atoms with E-state index in [4.69, 9.17) is 9.47 Å². The molecule has 4 rings (SSSR count). The summed E-state index contributed by atoms with van der Waals surface area (Å²) >= 11 is 0. The van der Waals surface area contributed by atoms with Crippen LogP contribution in [-0.4, -0.2) is 73.2 Å². The highest BCUT2D eigenvalue weighted by Gasteiger charge is 2.57. The standard InChI is InChI=1S/C26H33N3O5.2ClH/c1-20-17-26(22-7-5-4-6-8-22,34-24(30)21-9-11-23(12-10-21)29(31)32)25(2,18-27(20)3)19-28-13-15-33-16-14-28;;/h4-12,20H,13-19H2,1-3H3;2*1H. The van der Waals surface area contributed by atoms with Crippen molar-refractivity contribution in [2.45, 2.75) is 31.9 Å². The molecule has 2 aliphatic heterocycles. The molecule has 8 nitrogen and oxygen atoms in total. The molecule has 3 unspecified atom stereocenters. The normalized spacial score (nSPS) is 26.8. The average molecular weight is 540 g/mol. The molecule has 3 atom stereocenters. The Bertz CT molecular complexity index is 1020. The zero-order chi connectivity index (χ0) is 24.3. The fourth-order valence-electron chi connectivity index (χ4n) is 5.42. The summed E-state index contributed by atoms with van der Waals surface area (Å²) < 4.78 is 12.1. The third-order valence-electron chi connectivity index (χ3n) is 7.41. The Hall–Kier alpha value is -2.23. The second-order valence-electron chi connectivity index (χ2n) is 9.80. The van der Waals surface area contributed by atoms with Crippen molar-refractivity contribution in [2.75, 3.05) is 46.4 Å². The monoisotopic (exact) mass is 539 g/mol. The first kappa shape index (κ1) is 30.0. The van der Waals surface area contributed by atoms with E-state index in [-0.39, 0.29) is 36.5 Å². The van der Waals surface area contributed by atoms with Crippen LogP contribution in [0.15, 0.2) is 54.6 Å². The number of esters is 1. The lowest BCUT2D eigenvalue weighted by molar-refractivity contribution is -0.384. The number of benzene rings is 2. The molecule has 0 saturated carbocycles. The molecule has 198 valence electrons. The summed E-state index contributed by atoms with van der Waals surface area (Å²) in [6, 6.07) is 15.8. The predicted molar refractivity (Wildman–Crippen MR) is 143 cm³/mol. The van der Waals surface area contributed by atoms with Gasteiger partial charge in [0.15, 0.2) is 0 Å². The summed E-state index contributed by atoms with van der Waals surface area (Å²) in [7, 11) is 2.12. The van der Waals surface area contributed by atoms with Crippen molar-refractivity contribution in [1.82, 2.24) is 9.80 Å². The second-order valence-corrected chi connectivity index (χ2v) is 9.80. The van der Waals surface area contributed by atoms with Crippen LogP contribution >= 0.6 is 24.8 Å². The van der Waals surface area contributed by atoms with Crippen molar-refractivity contribution in [3.05, 3.63) is 75.8 Å². The van der Waals surface area contributed by atoms with Crippen LogP contribution in [0, 0.1) is 15.5 Å². The number of nitro groups is 1. The Morgan fingerprint density at radius 3 is 2.31 bits per heavy atom. The molecule has 2 heterocycles. The van der Waals surface area contributed by atoms with Gasteiger partial charge in [-0.15, -0.1) is 24.8 Å². The Labute approximate surface area is 224 Å². The summed E-state index contributed by atoms with van der Waals surface area (Å²) in [5, 5.41) is 11.0. The number of hydrogen-bond donors (Lipinski definition) is 0. The number of hydrogen-bond acceptors (Lipinski definition) is 7. The van der Waals surface area contributed by atoms with Crippen LogP contribution in [0.1, 0.15) is 36.2 Å². The van der Waals surface area contributed by atoms with Gasteiger partial charge < -0.3 is 14.4 Å². The maximum absolute atomic E-state index is 13.5. The number of carbonyl (C=O) groups excluding carboxylic acids is 1. The molecule has 0 spiro atoms. The Morgan fingerprint density at radius 2 is 1.72 bits per heavy atom. The highest BCUT2D eigenvalue weighted by atomic mass is 35.5. The van der Waals surface area contributed by atoms with E-state index in [0.717, 1.165) is 31.7 Å². The molecule has 2 saturated heterocycles. The van der Waals surface area contributed by atoms with Crippen molar-refractivity contribution < 1.29 is 19.2 Å². The van der Waals surface area contributed by atoms with Gasteiger partial charge >= 0.3 is 5.97 Å². The van der Waals surface area contributed by atoms with Gasteiger partial charge in [0.1, 0.15) is 5.60 Å². The second kappa shape index (κ2) is 12.3. The summed E-state index contributed by atoms with van der Waals surface area (Å²) in [5.41, 5.74) is -0.0395. The first-order chi connectivity index (χ1) is 16.2. The van der Waals surface area contributed by atoms with Crippen LogP contribution in [-0.2, 0) is 15.1 Å². The minimum Gasteiger partial charge on any atom is -0.450 e. The molecule has 2 fully saturated rings. The number of nitro benzene ring substituents is 1. The van der Waals surface area contributed by atoms with Crippen LogP contribution in [0.5, 0.6) is 0 Å². The predicted octanol–water partition coefficient (Wildman–Crippen LogP) is 4.55. The Balaban J connectivity index is 0.00000228. The molecular formula is C26H35Cl2N3O5. The van der Waals surface area contributed by atoms with E-state index in [2.05, 4.69) is 30.7 Å². The summed E-state index contributed by atoms with van der Waals surface area (Å²) in [6.07, 6.45) is 0.646. The molecule has 0 amide bonds. The van der Waals surface area contributed by atoms with E-state index < -0.39 is 21.9 Å². The molecule has 2 aromatic carbocycles. The first-order valence-electron chi connectivity index (χ1n) is 11.8. The fraction of sp³-hybridized carbons (Fsp3) is 0.500. The van der Waals surface area contributed by atoms with Gasteiger partial charge in [-0.25, -0.2) is 4.79 Å². The molecular weight excluding hydrogens is 505 g/mol. The number of halogens is 2. The van der Waals surface area contributed by atoms with E-state index in [1.165, 1.54) is 24.3 Å². The minimum atomic E-state index is -0.864. The lowest BCUT2D eigenvalue weighted by atomic mass is 9.63. The molecule has 0 radical (unpaired) electrons. The smallest absolute Gasteiger partial charge is 0.339 e. The van der Waals surface area contributed by atoms with Crippen molar-refractivity contribution in [3.63, 3.8) is 0 Å². The van der Waals surface area contributed by atoms with Crippen LogP contribution in [0.25, 0.3) is 0 Å². The quantitative estimate of drug-likeness (QED) is 0.302. The maximum atomic E-state index is 13.5. The molecule has 10 heteroatoms. The summed E-state index contributed by atoms with van der Waals surface area (Å²) in [5.74, 6) is -0.469. The van der Waals surface area contributed by atoms with Crippen LogP contribution < -0.4 is 0 Å². The van der Waals surface area contributed by atoms with Crippen LogP contribution in [0.4, 0.5) is 5.69 Å². The van der Waals surface area contributed by atoms with Crippen LogP contribution in [0.3, 0.4) is 0 Å². The van der Waals surface area contributed by atoms with Crippen molar-refractivity contribution in [3.8, 4) is 0 Å². The van der Waals surface area contributed by atoms with Gasteiger partial charge in [-0.05, 0) is 31.7 Å². The molecule has 0 aliphatic carbocycles. The van der Waals surface area contributed by atoms with E-state index in [1.807, 2.05) is 30.3 Å². The van der Waals surface area contributed by atoms with Crippen molar-refractivity contribution >= 4 is 36.5 Å². The number of morpholine rings is 1. The van der Waals surface area contributed by atoms with Gasteiger partial charge in [0.25, 0.3) is 5.69 Å². The number of non-ortho nitro benzene ring substituents is 1. The van der Waals surface area contributed by atoms with Crippen LogP contribution in [0.2, 0.25) is 0 Å². The van der Waals surface area contributed by atoms with Gasteiger partial charge in [0.05, 0.1) is 23.7 Å². The van der Waals surface area contributed by atoms with Gasteiger partial charge in [0.2, 0.25) is 0 Å². The molecule has 2 aliphatic rings. The lowest BCUT2D eigenvalue weighted by Crippen LogP contribution is -2.64. The number of piperidine rings is 1. The lowest BCUT2D eigenvalue weighted by Gasteiger charge is -2.57. The third-order valence-corrected chi connectivity index (χ3v) is 7.41. The van der Waals surface area contributed by atoms with Gasteiger partial charge in [0, 0.05) is 56.2 Å². The molecule has 2 aromatic rings. The SMILES string of the molecule is CC1CC(OC(=O)c2ccc([N+](=O)[O-])cc2)(c2ccccc2)C(C)(CN2CCOCC2)CN1C.Cl.Cl. The number of likely N-dealkylation sites (tertiary alicyclic amines) is 1. The zero-order valence-electron chi connectivity index (χ0n) is 20.9. The van der Waals surface area contributed by atoms with E-state index >= 15 is 0 Å². The van der Waals surface area contributed by atoms with Crippen molar-refractivity contribution in [2.24, 2.45) is 5.41 Å². The summed E-state index contributed by atoms with van der Waals surface area (Å²) in [6.45, 7) is 8.97. The Morgan fingerprint density at radius 1 is 1.11 bits per heavy atom. The zero-order valence-corrected chi connectivity index (χ0v) is 22.6. The molecule has 0 N–H and O–H groups in total. The minimum absolute atomic E-state index is 0. The molecule has 0 bridgehead atoms. The Kier molecular flexibility index (Phi) is 10.3. The topological polar surface area (TPSA) is 85.1 Å². The van der Waals surface area contributed by atoms with Crippen molar-refractivity contribution in [1.29, 1.82) is 0 Å². The number of carbonyl (C=O) groups is 1. The van der Waals surface area contributed by atoms with E-state index in [9.17, 15) is 14.9 Å². The fourth-order valence-corrected chi connectivity index (χ4v) is 5.42. The van der Waals surface area contributed by atoms with E-state index in [0.29, 0.717) is 25.2 Å². The molecule has 0 aromatic heterocycles. The number of nitrogens with zero attached hydrogens (tertiary/aromatic N) is 3. The summed E-state index contributed by atoms with van der Waals surface area (Å²) in [4.78, 5) is 28.8. The highest BCUT2D eigenvalue weighted by Crippen LogP contribution is 2.51. The van der Waals surface area contributed by atoms with Gasteiger partial charge in [-0.1, -0.05) is 37.3 Å². The van der Waals surface area contributed by atoms with Gasteiger partial charge in [-0.3, -0.25) is 15.0 Å². The maximum Gasteiger partial charge on any atom is 0.339 e.